The van der Waals surface area contributed by atoms with Crippen LogP contribution >= 0.6 is 0 Å². The van der Waals surface area contributed by atoms with Gasteiger partial charge < -0.3 is 4.42 Å². The van der Waals surface area contributed by atoms with Gasteiger partial charge in [-0.25, -0.2) is 0 Å². The van der Waals surface area contributed by atoms with Crippen LogP contribution in [0.4, 0.5) is 0 Å². The van der Waals surface area contributed by atoms with E-state index in [1.54, 1.807) is 6.26 Å². The molecule has 2 aliphatic rings. The number of fused-ring (bicyclic) bond motifs is 3. The monoisotopic (exact) mass is 239 g/mol. The summed E-state index contributed by atoms with van der Waals surface area (Å²) in [5.74, 6) is 0. The fraction of sp³-hybridized carbons (Fsp3) is 0.375. The van der Waals surface area contributed by atoms with Crippen molar-refractivity contribution in [2.75, 3.05) is 7.05 Å². The van der Waals surface area contributed by atoms with Crippen molar-refractivity contribution < 1.29 is 4.42 Å². The van der Waals surface area contributed by atoms with Gasteiger partial charge in [0, 0.05) is 17.5 Å². The largest absolute Gasteiger partial charge is 0.464 e. The van der Waals surface area contributed by atoms with E-state index in [0.717, 1.165) is 11.6 Å². The molecule has 0 amide bonds. The highest BCUT2D eigenvalue weighted by Crippen LogP contribution is 2.37. The third kappa shape index (κ3) is 1.45. The predicted molar refractivity (Wildman–Crippen MR) is 73.4 cm³/mol. The van der Waals surface area contributed by atoms with Crippen molar-refractivity contribution in [3.63, 3.8) is 0 Å². The SMILES string of the molecule is CN1C2C=C(c3ccc4occc4c3)CC1CC2. The van der Waals surface area contributed by atoms with Crippen molar-refractivity contribution in [1.29, 1.82) is 0 Å². The van der Waals surface area contributed by atoms with Gasteiger partial charge in [-0.15, -0.1) is 0 Å². The molecule has 1 aromatic heterocycles. The predicted octanol–water partition coefficient (Wildman–Crippen LogP) is 3.68. The first-order valence-corrected chi connectivity index (χ1v) is 6.71. The zero-order valence-corrected chi connectivity index (χ0v) is 10.6. The van der Waals surface area contributed by atoms with Crippen LogP contribution in [0.3, 0.4) is 0 Å². The zero-order valence-electron chi connectivity index (χ0n) is 10.6. The van der Waals surface area contributed by atoms with Gasteiger partial charge in [0.25, 0.3) is 0 Å². The van der Waals surface area contributed by atoms with Crippen LogP contribution in [0, 0.1) is 0 Å². The van der Waals surface area contributed by atoms with Crippen molar-refractivity contribution in [2.45, 2.75) is 31.3 Å². The third-order valence-electron chi connectivity index (χ3n) is 4.57. The van der Waals surface area contributed by atoms with Gasteiger partial charge >= 0.3 is 0 Å². The highest BCUT2D eigenvalue weighted by atomic mass is 16.3. The molecule has 2 nitrogen and oxygen atoms in total. The first-order valence-electron chi connectivity index (χ1n) is 6.71. The summed E-state index contributed by atoms with van der Waals surface area (Å²) in [6.45, 7) is 0. The number of benzene rings is 1. The summed E-state index contributed by atoms with van der Waals surface area (Å²) in [7, 11) is 2.26. The molecule has 3 heterocycles. The molecule has 1 fully saturated rings. The summed E-state index contributed by atoms with van der Waals surface area (Å²) in [5.41, 5.74) is 3.87. The summed E-state index contributed by atoms with van der Waals surface area (Å²) >= 11 is 0. The summed E-state index contributed by atoms with van der Waals surface area (Å²) in [5, 5.41) is 1.21. The van der Waals surface area contributed by atoms with E-state index in [9.17, 15) is 0 Å². The van der Waals surface area contributed by atoms with Crippen molar-refractivity contribution >= 4 is 16.5 Å². The van der Waals surface area contributed by atoms with Crippen molar-refractivity contribution in [2.24, 2.45) is 0 Å². The summed E-state index contributed by atoms with van der Waals surface area (Å²) in [4.78, 5) is 2.53. The Labute approximate surface area is 107 Å². The minimum absolute atomic E-state index is 0.652. The van der Waals surface area contributed by atoms with Crippen LogP contribution in [0.2, 0.25) is 0 Å². The molecule has 0 saturated carbocycles. The normalized spacial score (nSPS) is 27.7. The van der Waals surface area contributed by atoms with Crippen LogP contribution in [-0.4, -0.2) is 24.0 Å². The molecule has 0 spiro atoms. The molecule has 4 rings (SSSR count). The van der Waals surface area contributed by atoms with E-state index >= 15 is 0 Å². The lowest BCUT2D eigenvalue weighted by atomic mass is 9.94. The summed E-state index contributed by atoms with van der Waals surface area (Å²) in [6, 6.07) is 9.99. The minimum Gasteiger partial charge on any atom is -0.464 e. The molecule has 0 radical (unpaired) electrons. The van der Waals surface area contributed by atoms with Crippen molar-refractivity contribution in [1.82, 2.24) is 4.90 Å². The molecule has 2 aliphatic heterocycles. The first kappa shape index (κ1) is 10.4. The fourth-order valence-electron chi connectivity index (χ4n) is 3.42. The maximum atomic E-state index is 5.40. The van der Waals surface area contributed by atoms with Gasteiger partial charge in [-0.3, -0.25) is 4.90 Å². The van der Waals surface area contributed by atoms with Gasteiger partial charge in [-0.05, 0) is 55.6 Å². The number of rotatable bonds is 1. The highest BCUT2D eigenvalue weighted by molar-refractivity contribution is 5.82. The van der Waals surface area contributed by atoms with Gasteiger partial charge in [-0.1, -0.05) is 12.1 Å². The van der Waals surface area contributed by atoms with Gasteiger partial charge in [0.05, 0.1) is 6.26 Å². The molecule has 2 atom stereocenters. The quantitative estimate of drug-likeness (QED) is 0.754. The topological polar surface area (TPSA) is 16.4 Å². The van der Waals surface area contributed by atoms with Crippen LogP contribution < -0.4 is 0 Å². The number of hydrogen-bond donors (Lipinski definition) is 0. The van der Waals surface area contributed by atoms with E-state index in [4.69, 9.17) is 4.42 Å². The molecule has 0 N–H and O–H groups in total. The lowest BCUT2D eigenvalue weighted by Gasteiger charge is -2.30. The van der Waals surface area contributed by atoms with Gasteiger partial charge in [0.2, 0.25) is 0 Å². The lowest BCUT2D eigenvalue weighted by molar-refractivity contribution is 0.264. The highest BCUT2D eigenvalue weighted by Gasteiger charge is 2.33. The van der Waals surface area contributed by atoms with E-state index < -0.39 is 0 Å². The number of nitrogens with zero attached hydrogens (tertiary/aromatic N) is 1. The average molecular weight is 239 g/mol. The van der Waals surface area contributed by atoms with E-state index in [-0.39, 0.29) is 0 Å². The van der Waals surface area contributed by atoms with E-state index in [1.165, 1.54) is 35.8 Å². The molecule has 1 saturated heterocycles. The second kappa shape index (κ2) is 3.72. The molecule has 0 aliphatic carbocycles. The molecule has 92 valence electrons. The van der Waals surface area contributed by atoms with Crippen molar-refractivity contribution in [3.8, 4) is 0 Å². The number of hydrogen-bond acceptors (Lipinski definition) is 2. The molecule has 2 bridgehead atoms. The Hall–Kier alpha value is -1.54. The van der Waals surface area contributed by atoms with Crippen LogP contribution in [0.5, 0.6) is 0 Å². The van der Waals surface area contributed by atoms with Gasteiger partial charge in [0.15, 0.2) is 0 Å². The number of furan rings is 1. The molecule has 2 unspecified atom stereocenters. The summed E-state index contributed by atoms with van der Waals surface area (Å²) in [6.07, 6.45) is 8.08. The maximum Gasteiger partial charge on any atom is 0.133 e. The Morgan fingerprint density at radius 1 is 1.22 bits per heavy atom. The smallest absolute Gasteiger partial charge is 0.133 e. The van der Waals surface area contributed by atoms with Crippen LogP contribution in [-0.2, 0) is 0 Å². The second-order valence-electron chi connectivity index (χ2n) is 5.53. The Kier molecular flexibility index (Phi) is 2.15. The molecular formula is C16H17NO. The van der Waals surface area contributed by atoms with Crippen molar-refractivity contribution in [3.05, 3.63) is 42.2 Å². The van der Waals surface area contributed by atoms with Crippen LogP contribution in [0.1, 0.15) is 24.8 Å². The molecule has 1 aromatic carbocycles. The maximum absolute atomic E-state index is 5.40. The Morgan fingerprint density at radius 3 is 3.06 bits per heavy atom. The van der Waals surface area contributed by atoms with E-state index in [1.807, 2.05) is 6.07 Å². The zero-order chi connectivity index (χ0) is 12.1. The molecular weight excluding hydrogens is 222 g/mol. The molecule has 2 aromatic rings. The Bertz CT molecular complexity index is 625. The second-order valence-corrected chi connectivity index (χ2v) is 5.53. The molecule has 2 heteroatoms. The van der Waals surface area contributed by atoms with E-state index in [0.29, 0.717) is 6.04 Å². The van der Waals surface area contributed by atoms with Gasteiger partial charge in [-0.2, -0.15) is 0 Å². The first-order chi connectivity index (χ1) is 8.81. The Balaban J connectivity index is 1.76. The molecule has 18 heavy (non-hydrogen) atoms. The fourth-order valence-corrected chi connectivity index (χ4v) is 3.42. The van der Waals surface area contributed by atoms with Gasteiger partial charge in [0.1, 0.15) is 5.58 Å². The number of likely N-dealkylation sites (N-methyl/N-ethyl adjacent to an activating group) is 1. The summed E-state index contributed by atoms with van der Waals surface area (Å²) < 4.78 is 5.40. The van der Waals surface area contributed by atoms with Crippen LogP contribution in [0.15, 0.2) is 41.0 Å². The third-order valence-corrected chi connectivity index (χ3v) is 4.57. The average Bonchev–Trinajstić information content (AvgIpc) is 2.90. The van der Waals surface area contributed by atoms with Crippen LogP contribution in [0.25, 0.3) is 16.5 Å². The Morgan fingerprint density at radius 2 is 2.17 bits per heavy atom. The van der Waals surface area contributed by atoms with E-state index in [2.05, 4.69) is 36.2 Å². The standard InChI is InChI=1S/C16H17NO/c1-17-14-3-4-15(17)10-13(9-14)11-2-5-16-12(8-11)6-7-18-16/h2,5-9,14-15H,3-4,10H2,1H3. The minimum atomic E-state index is 0.652. The lowest BCUT2D eigenvalue weighted by Crippen LogP contribution is -2.34.